The molecule has 0 saturated heterocycles. The molecular weight excluding hydrogens is 613 g/mol. The topological polar surface area (TPSA) is 56.7 Å². The Morgan fingerprint density at radius 3 is 1.62 bits per heavy atom. The van der Waals surface area contributed by atoms with Crippen LogP contribution in [0.15, 0.2) is 174 Å². The van der Waals surface area contributed by atoms with Gasteiger partial charge in [-0.2, -0.15) is 0 Å². The van der Waals surface area contributed by atoms with Gasteiger partial charge < -0.3 is 8.98 Å². The van der Waals surface area contributed by atoms with Crippen LogP contribution in [0.3, 0.4) is 0 Å². The van der Waals surface area contributed by atoms with E-state index in [2.05, 4.69) is 114 Å². The van der Waals surface area contributed by atoms with E-state index < -0.39 is 0 Å². The van der Waals surface area contributed by atoms with Gasteiger partial charge in [-0.25, -0.2) is 15.0 Å². The highest BCUT2D eigenvalue weighted by Gasteiger charge is 2.17. The maximum atomic E-state index is 6.50. The normalized spacial score (nSPS) is 11.6. The largest absolute Gasteiger partial charge is 0.456 e. The fourth-order valence-corrected chi connectivity index (χ4v) is 7.05. The van der Waals surface area contributed by atoms with E-state index in [0.29, 0.717) is 17.5 Å². The second-order valence-corrected chi connectivity index (χ2v) is 12.5. The molecule has 0 unspecified atom stereocenters. The molecule has 3 heterocycles. The molecule has 0 saturated carbocycles. The molecule has 50 heavy (non-hydrogen) atoms. The van der Waals surface area contributed by atoms with E-state index >= 15 is 0 Å². The number of para-hydroxylation sites is 2. The Balaban J connectivity index is 1.11. The van der Waals surface area contributed by atoms with Gasteiger partial charge in [0.25, 0.3) is 0 Å². The Hall–Kier alpha value is -6.85. The summed E-state index contributed by atoms with van der Waals surface area (Å²) < 4.78 is 8.82. The molecule has 0 amide bonds. The summed E-state index contributed by atoms with van der Waals surface area (Å²) in [5.41, 5.74) is 10.1. The summed E-state index contributed by atoms with van der Waals surface area (Å²) in [5, 5.41) is 4.59. The summed E-state index contributed by atoms with van der Waals surface area (Å²) in [6, 6.07) is 58.6. The molecule has 0 N–H and O–H groups in total. The Morgan fingerprint density at radius 1 is 0.340 bits per heavy atom. The first-order valence-corrected chi connectivity index (χ1v) is 16.7. The van der Waals surface area contributed by atoms with Crippen LogP contribution in [-0.4, -0.2) is 19.5 Å². The van der Waals surface area contributed by atoms with E-state index in [9.17, 15) is 0 Å². The second kappa shape index (κ2) is 11.4. The maximum absolute atomic E-state index is 6.50. The molecule has 5 heteroatoms. The van der Waals surface area contributed by atoms with E-state index in [1.807, 2.05) is 60.7 Å². The van der Waals surface area contributed by atoms with Crippen molar-refractivity contribution >= 4 is 43.7 Å². The molecule has 10 aromatic rings. The first-order chi connectivity index (χ1) is 24.8. The van der Waals surface area contributed by atoms with Crippen LogP contribution in [-0.2, 0) is 0 Å². The minimum absolute atomic E-state index is 0.631. The zero-order valence-corrected chi connectivity index (χ0v) is 26.9. The lowest BCUT2D eigenvalue weighted by Gasteiger charge is -2.09. The smallest absolute Gasteiger partial charge is 0.164 e. The van der Waals surface area contributed by atoms with E-state index in [-0.39, 0.29) is 0 Å². The van der Waals surface area contributed by atoms with Gasteiger partial charge in [0.05, 0.1) is 11.0 Å². The Bertz CT molecular complexity index is 2800. The molecule has 0 bridgehead atoms. The quantitative estimate of drug-likeness (QED) is 0.188. The molecule has 0 aliphatic rings. The zero-order chi connectivity index (χ0) is 33.0. The Kier molecular flexibility index (Phi) is 6.42. The SMILES string of the molecule is c1ccc(-c2nc(-c3ccccc3)nc(-c3cccc(-c4ccc5oc6cc7c(cc6c5c4)c4ccccc4n7-c4ccccc4)c3)n2)cc1. The monoisotopic (exact) mass is 640 g/mol. The minimum Gasteiger partial charge on any atom is -0.456 e. The van der Waals surface area contributed by atoms with Crippen LogP contribution < -0.4 is 0 Å². The van der Waals surface area contributed by atoms with Crippen LogP contribution in [0.4, 0.5) is 0 Å². The number of fused-ring (bicyclic) bond motifs is 6. The van der Waals surface area contributed by atoms with Crippen molar-refractivity contribution < 1.29 is 4.42 Å². The van der Waals surface area contributed by atoms with Crippen LogP contribution in [0.25, 0.3) is 94.7 Å². The van der Waals surface area contributed by atoms with Crippen molar-refractivity contribution in [2.24, 2.45) is 0 Å². The summed E-state index contributed by atoms with van der Waals surface area (Å²) in [7, 11) is 0. The van der Waals surface area contributed by atoms with Gasteiger partial charge in [-0.15, -0.1) is 0 Å². The van der Waals surface area contributed by atoms with E-state index in [1.54, 1.807) is 0 Å². The lowest BCUT2D eigenvalue weighted by molar-refractivity contribution is 0.669. The summed E-state index contributed by atoms with van der Waals surface area (Å²) in [6.45, 7) is 0. The summed E-state index contributed by atoms with van der Waals surface area (Å²) in [6.07, 6.45) is 0. The first kappa shape index (κ1) is 28.2. The van der Waals surface area contributed by atoms with Gasteiger partial charge in [0.1, 0.15) is 11.2 Å². The van der Waals surface area contributed by atoms with Crippen molar-refractivity contribution in [2.75, 3.05) is 0 Å². The fraction of sp³-hybridized carbons (Fsp3) is 0. The van der Waals surface area contributed by atoms with Crippen molar-refractivity contribution in [3.8, 4) is 51.0 Å². The van der Waals surface area contributed by atoms with Crippen LogP contribution in [0, 0.1) is 0 Å². The standard InChI is InChI=1S/C45H28N4O/c1-4-13-29(14-5-1)43-46-44(30-15-6-2-7-16-30)48-45(47-43)33-18-12-17-31(25-33)32-23-24-41-37(26-32)38-27-36-35-21-10-11-22-39(35)49(34-19-8-3-9-20-34)40(36)28-42(38)50-41/h1-28H. The average Bonchev–Trinajstić information content (AvgIpc) is 3.72. The lowest BCUT2D eigenvalue weighted by Crippen LogP contribution is -2.00. The van der Waals surface area contributed by atoms with Gasteiger partial charge in [-0.1, -0.05) is 121 Å². The molecule has 234 valence electrons. The van der Waals surface area contributed by atoms with Gasteiger partial charge in [0.2, 0.25) is 0 Å². The third-order valence-electron chi connectivity index (χ3n) is 9.43. The lowest BCUT2D eigenvalue weighted by atomic mass is 10.00. The third kappa shape index (κ3) is 4.67. The summed E-state index contributed by atoms with van der Waals surface area (Å²) in [4.78, 5) is 14.8. The highest BCUT2D eigenvalue weighted by molar-refractivity contribution is 6.17. The van der Waals surface area contributed by atoms with Gasteiger partial charge in [-0.3, -0.25) is 0 Å². The Morgan fingerprint density at radius 2 is 0.900 bits per heavy atom. The number of furan rings is 1. The molecule has 0 radical (unpaired) electrons. The molecule has 5 nitrogen and oxygen atoms in total. The number of aromatic nitrogens is 4. The number of benzene rings is 7. The predicted molar refractivity (Wildman–Crippen MR) is 203 cm³/mol. The molecule has 3 aromatic heterocycles. The van der Waals surface area contributed by atoms with Crippen LogP contribution in [0.1, 0.15) is 0 Å². The molecule has 7 aromatic carbocycles. The van der Waals surface area contributed by atoms with Crippen LogP contribution in [0.2, 0.25) is 0 Å². The van der Waals surface area contributed by atoms with Gasteiger partial charge in [0.15, 0.2) is 17.5 Å². The van der Waals surface area contributed by atoms with E-state index in [4.69, 9.17) is 19.4 Å². The van der Waals surface area contributed by atoms with Gasteiger partial charge >= 0.3 is 0 Å². The predicted octanol–water partition coefficient (Wildman–Crippen LogP) is 11.5. The molecule has 0 fully saturated rings. The minimum atomic E-state index is 0.631. The van der Waals surface area contributed by atoms with Crippen molar-refractivity contribution in [1.29, 1.82) is 0 Å². The van der Waals surface area contributed by atoms with Gasteiger partial charge in [0, 0.05) is 50.0 Å². The number of rotatable bonds is 5. The van der Waals surface area contributed by atoms with Crippen molar-refractivity contribution in [1.82, 2.24) is 19.5 Å². The van der Waals surface area contributed by atoms with Crippen LogP contribution in [0.5, 0.6) is 0 Å². The van der Waals surface area contributed by atoms with Crippen molar-refractivity contribution in [3.63, 3.8) is 0 Å². The maximum Gasteiger partial charge on any atom is 0.164 e. The summed E-state index contributed by atoms with van der Waals surface area (Å²) in [5.74, 6) is 1.92. The summed E-state index contributed by atoms with van der Waals surface area (Å²) >= 11 is 0. The average molecular weight is 641 g/mol. The number of hydrogen-bond donors (Lipinski definition) is 0. The van der Waals surface area contributed by atoms with Crippen LogP contribution >= 0.6 is 0 Å². The highest BCUT2D eigenvalue weighted by atomic mass is 16.3. The Labute approximate surface area is 287 Å². The molecule has 10 rings (SSSR count). The third-order valence-corrected chi connectivity index (χ3v) is 9.43. The molecule has 0 spiro atoms. The second-order valence-electron chi connectivity index (χ2n) is 12.5. The van der Waals surface area contributed by atoms with Gasteiger partial charge in [-0.05, 0) is 53.6 Å². The molecular formula is C45H28N4O. The zero-order valence-electron chi connectivity index (χ0n) is 26.9. The number of hydrogen-bond acceptors (Lipinski definition) is 4. The fourth-order valence-electron chi connectivity index (χ4n) is 7.05. The molecule has 0 aliphatic carbocycles. The first-order valence-electron chi connectivity index (χ1n) is 16.7. The van der Waals surface area contributed by atoms with Crippen molar-refractivity contribution in [3.05, 3.63) is 170 Å². The van der Waals surface area contributed by atoms with E-state index in [1.165, 1.54) is 16.3 Å². The van der Waals surface area contributed by atoms with E-state index in [0.717, 1.165) is 61.0 Å². The molecule has 0 atom stereocenters. The molecule has 0 aliphatic heterocycles. The highest BCUT2D eigenvalue weighted by Crippen LogP contribution is 2.39. The van der Waals surface area contributed by atoms with Crippen molar-refractivity contribution in [2.45, 2.75) is 0 Å². The number of nitrogens with zero attached hydrogens (tertiary/aromatic N) is 4.